The zero-order valence-electron chi connectivity index (χ0n) is 16.0. The summed E-state index contributed by atoms with van der Waals surface area (Å²) in [5.41, 5.74) is 2.40. The van der Waals surface area contributed by atoms with Crippen LogP contribution in [0.5, 0.6) is 0 Å². The second kappa shape index (κ2) is 7.94. The third-order valence-electron chi connectivity index (χ3n) is 5.43. The van der Waals surface area contributed by atoms with Gasteiger partial charge in [0.25, 0.3) is 5.56 Å². The topological polar surface area (TPSA) is 58.4 Å². The minimum Gasteiger partial charge on any atom is -0.339 e. The molecule has 144 valence electrons. The first-order valence-electron chi connectivity index (χ1n) is 9.61. The summed E-state index contributed by atoms with van der Waals surface area (Å²) in [5.74, 6) is -0.0552. The van der Waals surface area contributed by atoms with Crippen molar-refractivity contribution in [1.29, 1.82) is 0 Å². The number of hydrogen-bond donors (Lipinski definition) is 0. The van der Waals surface area contributed by atoms with Crippen LogP contribution in [0.3, 0.4) is 0 Å². The number of aryl methyl sites for hydroxylation is 1. The predicted octanol–water partition coefficient (Wildman–Crippen LogP) is 2.05. The van der Waals surface area contributed by atoms with E-state index < -0.39 is 0 Å². The van der Waals surface area contributed by atoms with Crippen LogP contribution >= 0.6 is 0 Å². The number of fused-ring (bicyclic) bond motifs is 1. The zero-order chi connectivity index (χ0) is 19.5. The molecule has 0 saturated carbocycles. The van der Waals surface area contributed by atoms with Gasteiger partial charge in [0.1, 0.15) is 6.54 Å². The normalized spacial score (nSPS) is 15.1. The molecule has 28 heavy (non-hydrogen) atoms. The molecular formula is C22H24N4O2. The van der Waals surface area contributed by atoms with Crippen molar-refractivity contribution in [1.82, 2.24) is 19.6 Å². The van der Waals surface area contributed by atoms with Crippen LogP contribution in [0.4, 0.5) is 0 Å². The Morgan fingerprint density at radius 1 is 1.00 bits per heavy atom. The third kappa shape index (κ3) is 3.82. The van der Waals surface area contributed by atoms with Crippen molar-refractivity contribution < 1.29 is 4.79 Å². The molecule has 0 spiro atoms. The van der Waals surface area contributed by atoms with E-state index in [0.29, 0.717) is 18.5 Å². The van der Waals surface area contributed by atoms with Crippen LogP contribution in [0, 0.1) is 6.92 Å². The number of nitrogens with zero attached hydrogens (tertiary/aromatic N) is 4. The number of aromatic nitrogens is 2. The first-order valence-corrected chi connectivity index (χ1v) is 9.61. The van der Waals surface area contributed by atoms with Crippen LogP contribution < -0.4 is 5.56 Å². The van der Waals surface area contributed by atoms with Crippen molar-refractivity contribution in [2.24, 2.45) is 0 Å². The van der Waals surface area contributed by atoms with Gasteiger partial charge in [0, 0.05) is 38.1 Å². The van der Waals surface area contributed by atoms with Gasteiger partial charge in [0.15, 0.2) is 0 Å². The van der Waals surface area contributed by atoms with Crippen LogP contribution in [0.25, 0.3) is 10.8 Å². The standard InChI is InChI=1S/C22H24N4O2/c1-17-6-2-3-8-19(17)15-24-10-12-25(13-11-24)21(27)16-26-22(28)20-9-5-4-7-18(20)14-23-26/h2-9,14H,10-13,15-16H2,1H3. The summed E-state index contributed by atoms with van der Waals surface area (Å²) in [5, 5.41) is 5.55. The Bertz CT molecular complexity index is 1050. The molecule has 1 amide bonds. The summed E-state index contributed by atoms with van der Waals surface area (Å²) >= 11 is 0. The molecule has 6 heteroatoms. The van der Waals surface area contributed by atoms with E-state index in [1.54, 1.807) is 12.3 Å². The van der Waals surface area contributed by atoms with Crippen LogP contribution in [-0.4, -0.2) is 51.7 Å². The van der Waals surface area contributed by atoms with E-state index in [1.165, 1.54) is 15.8 Å². The molecule has 0 radical (unpaired) electrons. The fourth-order valence-electron chi connectivity index (χ4n) is 3.65. The van der Waals surface area contributed by atoms with Gasteiger partial charge < -0.3 is 4.90 Å². The van der Waals surface area contributed by atoms with Gasteiger partial charge in [-0.25, -0.2) is 4.68 Å². The van der Waals surface area contributed by atoms with Crippen LogP contribution in [0.2, 0.25) is 0 Å². The summed E-state index contributed by atoms with van der Waals surface area (Å²) in [6, 6.07) is 15.7. The highest BCUT2D eigenvalue weighted by Crippen LogP contribution is 2.13. The molecule has 1 fully saturated rings. The highest BCUT2D eigenvalue weighted by atomic mass is 16.2. The molecule has 2 heterocycles. The second-order valence-corrected chi connectivity index (χ2v) is 7.28. The molecule has 0 bridgehead atoms. The van der Waals surface area contributed by atoms with Crippen LogP contribution in [-0.2, 0) is 17.9 Å². The van der Waals surface area contributed by atoms with Crippen molar-refractivity contribution in [2.45, 2.75) is 20.0 Å². The Labute approximate surface area is 164 Å². The molecule has 1 saturated heterocycles. The lowest BCUT2D eigenvalue weighted by atomic mass is 10.1. The van der Waals surface area contributed by atoms with Crippen LogP contribution in [0.15, 0.2) is 59.5 Å². The molecule has 0 N–H and O–H groups in total. The Morgan fingerprint density at radius 2 is 1.71 bits per heavy atom. The zero-order valence-corrected chi connectivity index (χ0v) is 16.0. The minimum atomic E-state index is -0.218. The lowest BCUT2D eigenvalue weighted by Gasteiger charge is -2.35. The van der Waals surface area contributed by atoms with Crippen molar-refractivity contribution >= 4 is 16.7 Å². The van der Waals surface area contributed by atoms with Crippen molar-refractivity contribution in [3.63, 3.8) is 0 Å². The summed E-state index contributed by atoms with van der Waals surface area (Å²) < 4.78 is 1.27. The van der Waals surface area contributed by atoms with Gasteiger partial charge in [0.2, 0.25) is 5.91 Å². The maximum Gasteiger partial charge on any atom is 0.275 e. The van der Waals surface area contributed by atoms with E-state index in [4.69, 9.17) is 0 Å². The summed E-state index contributed by atoms with van der Waals surface area (Å²) in [6.07, 6.45) is 1.64. The average molecular weight is 376 g/mol. The van der Waals surface area contributed by atoms with E-state index in [9.17, 15) is 9.59 Å². The fourth-order valence-corrected chi connectivity index (χ4v) is 3.65. The van der Waals surface area contributed by atoms with Gasteiger partial charge in [0.05, 0.1) is 11.6 Å². The summed E-state index contributed by atoms with van der Waals surface area (Å²) in [4.78, 5) is 29.4. The van der Waals surface area contributed by atoms with Gasteiger partial charge in [-0.15, -0.1) is 0 Å². The van der Waals surface area contributed by atoms with Crippen LogP contribution in [0.1, 0.15) is 11.1 Å². The molecule has 0 aliphatic carbocycles. The molecule has 1 aromatic heterocycles. The lowest BCUT2D eigenvalue weighted by molar-refractivity contribution is -0.133. The molecule has 0 unspecified atom stereocenters. The predicted molar refractivity (Wildman–Crippen MR) is 109 cm³/mol. The van der Waals surface area contributed by atoms with Gasteiger partial charge in [-0.05, 0) is 24.1 Å². The SMILES string of the molecule is Cc1ccccc1CN1CCN(C(=O)Cn2ncc3ccccc3c2=O)CC1. The van der Waals surface area contributed by atoms with Crippen molar-refractivity contribution in [3.8, 4) is 0 Å². The van der Waals surface area contributed by atoms with E-state index in [-0.39, 0.29) is 18.0 Å². The molecule has 4 rings (SSSR count). The fraction of sp³-hybridized carbons (Fsp3) is 0.318. The molecule has 0 atom stereocenters. The highest BCUT2D eigenvalue weighted by Gasteiger charge is 2.22. The average Bonchev–Trinajstić information content (AvgIpc) is 2.72. The minimum absolute atomic E-state index is 0.0124. The Hall–Kier alpha value is -2.99. The Kier molecular flexibility index (Phi) is 5.21. The second-order valence-electron chi connectivity index (χ2n) is 7.28. The molecule has 1 aliphatic heterocycles. The van der Waals surface area contributed by atoms with E-state index in [2.05, 4.69) is 41.2 Å². The molecule has 3 aromatic rings. The number of rotatable bonds is 4. The first kappa shape index (κ1) is 18.4. The van der Waals surface area contributed by atoms with Gasteiger partial charge in [-0.2, -0.15) is 5.10 Å². The highest BCUT2D eigenvalue weighted by molar-refractivity contribution is 5.81. The summed E-state index contributed by atoms with van der Waals surface area (Å²) in [7, 11) is 0. The van der Waals surface area contributed by atoms with Crippen molar-refractivity contribution in [3.05, 3.63) is 76.2 Å². The molecule has 1 aliphatic rings. The lowest BCUT2D eigenvalue weighted by Crippen LogP contribution is -2.49. The van der Waals surface area contributed by atoms with E-state index in [0.717, 1.165) is 25.0 Å². The monoisotopic (exact) mass is 376 g/mol. The van der Waals surface area contributed by atoms with E-state index >= 15 is 0 Å². The smallest absolute Gasteiger partial charge is 0.275 e. The Morgan fingerprint density at radius 3 is 2.50 bits per heavy atom. The molecule has 2 aromatic carbocycles. The van der Waals surface area contributed by atoms with Gasteiger partial charge in [-0.3, -0.25) is 14.5 Å². The number of carbonyl (C=O) groups is 1. The number of benzene rings is 2. The molecule has 6 nitrogen and oxygen atoms in total. The van der Waals surface area contributed by atoms with Crippen molar-refractivity contribution in [2.75, 3.05) is 26.2 Å². The van der Waals surface area contributed by atoms with Gasteiger partial charge >= 0.3 is 0 Å². The number of hydrogen-bond acceptors (Lipinski definition) is 4. The maximum atomic E-state index is 12.7. The maximum absolute atomic E-state index is 12.7. The third-order valence-corrected chi connectivity index (χ3v) is 5.43. The number of carbonyl (C=O) groups excluding carboxylic acids is 1. The summed E-state index contributed by atoms with van der Waals surface area (Å²) in [6.45, 7) is 6.03. The number of amides is 1. The molecular weight excluding hydrogens is 352 g/mol. The number of piperazine rings is 1. The van der Waals surface area contributed by atoms with Gasteiger partial charge in [-0.1, -0.05) is 42.5 Å². The quantitative estimate of drug-likeness (QED) is 0.699. The Balaban J connectivity index is 1.37. The largest absolute Gasteiger partial charge is 0.339 e. The first-order chi connectivity index (χ1) is 13.6. The van der Waals surface area contributed by atoms with E-state index in [1.807, 2.05) is 23.1 Å².